The van der Waals surface area contributed by atoms with E-state index in [1.165, 1.54) is 11.3 Å². The van der Waals surface area contributed by atoms with Crippen molar-refractivity contribution in [2.24, 2.45) is 5.41 Å². The topological polar surface area (TPSA) is 122 Å². The average Bonchev–Trinajstić information content (AvgIpc) is 3.55. The molecule has 2 aliphatic heterocycles. The highest BCUT2D eigenvalue weighted by Crippen LogP contribution is 2.43. The SMILES string of the molecule is Cc1nc(C)c(S(=O)(=O)N2CCC3(CCN(c4ccc(C(=O)Nc5ccccc5N)cn4)C3)C2)s1. The highest BCUT2D eigenvalue weighted by molar-refractivity contribution is 7.91. The number of amides is 1. The Bertz CT molecular complexity index is 1370. The summed E-state index contributed by atoms with van der Waals surface area (Å²) >= 11 is 1.24. The van der Waals surface area contributed by atoms with E-state index in [2.05, 4.69) is 20.2 Å². The van der Waals surface area contributed by atoms with Gasteiger partial charge < -0.3 is 16.0 Å². The number of anilines is 3. The third-order valence-electron chi connectivity index (χ3n) is 6.82. The normalized spacial score (nSPS) is 20.6. The molecule has 35 heavy (non-hydrogen) atoms. The van der Waals surface area contributed by atoms with Crippen LogP contribution in [0.3, 0.4) is 0 Å². The highest BCUT2D eigenvalue weighted by atomic mass is 32.2. The van der Waals surface area contributed by atoms with Gasteiger partial charge in [-0.25, -0.2) is 18.4 Å². The zero-order valence-electron chi connectivity index (χ0n) is 19.7. The van der Waals surface area contributed by atoms with Gasteiger partial charge in [0.2, 0.25) is 0 Å². The molecule has 9 nitrogen and oxygen atoms in total. The van der Waals surface area contributed by atoms with Gasteiger partial charge in [-0.15, -0.1) is 11.3 Å². The predicted octanol–water partition coefficient (Wildman–Crippen LogP) is 3.28. The number of carbonyl (C=O) groups excluding carboxylic acids is 1. The fraction of sp³-hybridized carbons (Fsp3) is 0.375. The number of hydrogen-bond acceptors (Lipinski definition) is 8. The first kappa shape index (κ1) is 23.7. The van der Waals surface area contributed by atoms with E-state index in [0.29, 0.717) is 39.9 Å². The molecule has 2 fully saturated rings. The van der Waals surface area contributed by atoms with Gasteiger partial charge in [-0.2, -0.15) is 4.31 Å². The molecule has 0 saturated carbocycles. The van der Waals surface area contributed by atoms with Crippen molar-refractivity contribution in [3.8, 4) is 0 Å². The number of thiazole rings is 1. The predicted molar refractivity (Wildman–Crippen MR) is 137 cm³/mol. The maximum atomic E-state index is 13.2. The molecule has 2 aliphatic rings. The van der Waals surface area contributed by atoms with Crippen molar-refractivity contribution in [3.05, 3.63) is 58.9 Å². The van der Waals surface area contributed by atoms with E-state index >= 15 is 0 Å². The summed E-state index contributed by atoms with van der Waals surface area (Å²) in [5.41, 5.74) is 7.90. The molecule has 4 heterocycles. The minimum atomic E-state index is -3.54. The van der Waals surface area contributed by atoms with Crippen LogP contribution in [0.5, 0.6) is 0 Å². The summed E-state index contributed by atoms with van der Waals surface area (Å²) in [4.78, 5) is 23.6. The van der Waals surface area contributed by atoms with Crippen molar-refractivity contribution in [1.29, 1.82) is 0 Å². The molecule has 1 spiro atoms. The fourth-order valence-electron chi connectivity index (χ4n) is 4.94. The van der Waals surface area contributed by atoms with Crippen molar-refractivity contribution in [3.63, 3.8) is 0 Å². The first-order valence-electron chi connectivity index (χ1n) is 11.5. The molecule has 0 radical (unpaired) electrons. The Morgan fingerprint density at radius 2 is 1.89 bits per heavy atom. The van der Waals surface area contributed by atoms with Crippen molar-refractivity contribution >= 4 is 44.5 Å². The Hall–Kier alpha value is -3.02. The molecule has 3 N–H and O–H groups in total. The molecule has 1 atom stereocenters. The number of nitrogens with two attached hydrogens (primary N) is 1. The van der Waals surface area contributed by atoms with Crippen LogP contribution in [0.25, 0.3) is 0 Å². The molecule has 11 heteroatoms. The Labute approximate surface area is 209 Å². The first-order valence-corrected chi connectivity index (χ1v) is 13.7. The van der Waals surface area contributed by atoms with Crippen LogP contribution in [0.1, 0.15) is 33.9 Å². The summed E-state index contributed by atoms with van der Waals surface area (Å²) in [6.45, 7) is 6.13. The van der Waals surface area contributed by atoms with E-state index in [4.69, 9.17) is 5.73 Å². The molecular formula is C24H28N6O3S2. The highest BCUT2D eigenvalue weighted by Gasteiger charge is 2.47. The van der Waals surface area contributed by atoms with Gasteiger partial charge in [-0.1, -0.05) is 12.1 Å². The number of aromatic nitrogens is 2. The molecular weight excluding hydrogens is 484 g/mol. The van der Waals surface area contributed by atoms with Gasteiger partial charge >= 0.3 is 0 Å². The average molecular weight is 513 g/mol. The van der Waals surface area contributed by atoms with Crippen molar-refractivity contribution < 1.29 is 13.2 Å². The number of rotatable bonds is 5. The summed E-state index contributed by atoms with van der Waals surface area (Å²) in [5, 5.41) is 3.57. The minimum absolute atomic E-state index is 0.0940. The third-order valence-corrected chi connectivity index (χ3v) is 10.3. The van der Waals surface area contributed by atoms with Crippen LogP contribution < -0.4 is 16.0 Å². The monoisotopic (exact) mass is 512 g/mol. The molecule has 1 aromatic carbocycles. The maximum Gasteiger partial charge on any atom is 0.257 e. The minimum Gasteiger partial charge on any atom is -0.397 e. The first-order chi connectivity index (χ1) is 16.7. The molecule has 0 bridgehead atoms. The van der Waals surface area contributed by atoms with Gasteiger partial charge in [0.15, 0.2) is 4.21 Å². The lowest BCUT2D eigenvalue weighted by atomic mass is 9.87. The van der Waals surface area contributed by atoms with Crippen LogP contribution in [-0.2, 0) is 10.0 Å². The molecule has 2 aromatic heterocycles. The van der Waals surface area contributed by atoms with Crippen LogP contribution in [0.15, 0.2) is 46.8 Å². The molecule has 1 unspecified atom stereocenters. The summed E-state index contributed by atoms with van der Waals surface area (Å²) in [6.07, 6.45) is 3.28. The van der Waals surface area contributed by atoms with Crippen molar-refractivity contribution in [2.75, 3.05) is 42.1 Å². The number of benzene rings is 1. The number of nitrogens with one attached hydrogen (secondary N) is 1. The molecule has 184 valence electrons. The number of pyridine rings is 1. The van der Waals surface area contributed by atoms with Gasteiger partial charge in [0.25, 0.3) is 15.9 Å². The van der Waals surface area contributed by atoms with Crippen molar-refractivity contribution in [2.45, 2.75) is 30.9 Å². The summed E-state index contributed by atoms with van der Waals surface area (Å²) in [6, 6.07) is 10.7. The second-order valence-corrected chi connectivity index (χ2v) is 12.6. The summed E-state index contributed by atoms with van der Waals surface area (Å²) < 4.78 is 28.5. The van der Waals surface area contributed by atoms with Crippen LogP contribution in [0.2, 0.25) is 0 Å². The number of para-hydroxylation sites is 2. The van der Waals surface area contributed by atoms with Crippen LogP contribution in [-0.4, -0.2) is 54.8 Å². The quantitative estimate of drug-likeness (QED) is 0.503. The summed E-state index contributed by atoms with van der Waals surface area (Å²) in [5.74, 6) is 0.512. The van der Waals surface area contributed by atoms with Gasteiger partial charge in [0, 0.05) is 37.8 Å². The van der Waals surface area contributed by atoms with E-state index in [1.807, 2.05) is 25.1 Å². The van der Waals surface area contributed by atoms with Gasteiger partial charge in [-0.05, 0) is 51.0 Å². The summed E-state index contributed by atoms with van der Waals surface area (Å²) in [7, 11) is -3.54. The van der Waals surface area contributed by atoms with E-state index in [0.717, 1.165) is 36.8 Å². The lowest BCUT2D eigenvalue weighted by molar-refractivity contribution is 0.102. The molecule has 0 aliphatic carbocycles. The lowest BCUT2D eigenvalue weighted by Crippen LogP contribution is -2.34. The van der Waals surface area contributed by atoms with Crippen molar-refractivity contribution in [1.82, 2.24) is 14.3 Å². The number of aryl methyl sites for hydroxylation is 2. The largest absolute Gasteiger partial charge is 0.397 e. The molecule has 5 rings (SSSR count). The van der Waals surface area contributed by atoms with Gasteiger partial charge in [0.05, 0.1) is 27.6 Å². The van der Waals surface area contributed by atoms with E-state index < -0.39 is 10.0 Å². The van der Waals surface area contributed by atoms with E-state index in [1.54, 1.807) is 35.6 Å². The number of nitrogen functional groups attached to an aromatic ring is 1. The van der Waals surface area contributed by atoms with Crippen LogP contribution in [0, 0.1) is 19.3 Å². The standard InChI is InChI=1S/C24H28N6O3S2/c1-16-23(34-17(2)27-16)35(32,33)30-12-10-24(15-30)9-11-29(14-24)21-8-7-18(13-26-21)22(31)28-20-6-4-3-5-19(20)25/h3-8,13H,9-12,14-15,25H2,1-2H3,(H,28,31). The second kappa shape index (κ2) is 8.89. The lowest BCUT2D eigenvalue weighted by Gasteiger charge is -2.25. The number of nitrogens with zero attached hydrogens (tertiary/aromatic N) is 4. The zero-order chi connectivity index (χ0) is 24.8. The fourth-order valence-corrected chi connectivity index (χ4v) is 8.12. The Morgan fingerprint density at radius 3 is 2.57 bits per heavy atom. The Kier molecular flexibility index (Phi) is 6.02. The smallest absolute Gasteiger partial charge is 0.257 e. The van der Waals surface area contributed by atoms with E-state index in [-0.39, 0.29) is 11.3 Å². The molecule has 1 amide bonds. The van der Waals surface area contributed by atoms with Gasteiger partial charge in [0.1, 0.15) is 5.82 Å². The molecule has 3 aromatic rings. The molecule has 2 saturated heterocycles. The van der Waals surface area contributed by atoms with Gasteiger partial charge in [-0.3, -0.25) is 4.79 Å². The Morgan fingerprint density at radius 1 is 1.11 bits per heavy atom. The third kappa shape index (κ3) is 4.51. The Balaban J connectivity index is 1.25. The number of sulfonamides is 1. The second-order valence-electron chi connectivity index (χ2n) is 9.31. The van der Waals surface area contributed by atoms with Crippen LogP contribution in [0.4, 0.5) is 17.2 Å². The van der Waals surface area contributed by atoms with E-state index in [9.17, 15) is 13.2 Å². The number of hydrogen-bond donors (Lipinski definition) is 2. The van der Waals surface area contributed by atoms with Crippen LogP contribution >= 0.6 is 11.3 Å². The number of carbonyl (C=O) groups is 1. The zero-order valence-corrected chi connectivity index (χ0v) is 21.3. The maximum absolute atomic E-state index is 13.2.